The van der Waals surface area contributed by atoms with Gasteiger partial charge in [0.25, 0.3) is 0 Å². The van der Waals surface area contributed by atoms with Crippen LogP contribution >= 0.6 is 0 Å². The van der Waals surface area contributed by atoms with Crippen LogP contribution in [0.15, 0.2) is 0 Å². The standard InChI is InChI=1S/C9H15N5/c1-3-11-9-13-12-8(14(9)5-1)7-2-4-10-6-7/h7,10H,1-6H2,(H,11,13). The second kappa shape index (κ2) is 3.24. The summed E-state index contributed by atoms with van der Waals surface area (Å²) in [6.45, 7) is 4.26. The molecule has 14 heavy (non-hydrogen) atoms. The number of anilines is 1. The predicted molar refractivity (Wildman–Crippen MR) is 53.4 cm³/mol. The molecule has 2 N–H and O–H groups in total. The van der Waals surface area contributed by atoms with E-state index in [-0.39, 0.29) is 0 Å². The molecule has 76 valence electrons. The maximum Gasteiger partial charge on any atom is 0.224 e. The summed E-state index contributed by atoms with van der Waals surface area (Å²) in [4.78, 5) is 0. The normalized spacial score (nSPS) is 25.9. The average molecular weight is 193 g/mol. The van der Waals surface area contributed by atoms with E-state index in [0.717, 1.165) is 38.0 Å². The Morgan fingerprint density at radius 1 is 1.29 bits per heavy atom. The van der Waals surface area contributed by atoms with Gasteiger partial charge < -0.3 is 10.6 Å². The third-order valence-electron chi connectivity index (χ3n) is 3.05. The van der Waals surface area contributed by atoms with Crippen molar-refractivity contribution in [1.82, 2.24) is 20.1 Å². The van der Waals surface area contributed by atoms with E-state index >= 15 is 0 Å². The minimum Gasteiger partial charge on any atom is -0.354 e. The molecule has 5 heteroatoms. The molecule has 1 atom stereocenters. The summed E-state index contributed by atoms with van der Waals surface area (Å²) in [5.41, 5.74) is 0. The largest absolute Gasteiger partial charge is 0.354 e. The molecule has 1 aromatic heterocycles. The van der Waals surface area contributed by atoms with Gasteiger partial charge in [0.2, 0.25) is 5.95 Å². The Labute approximate surface area is 82.9 Å². The molecular weight excluding hydrogens is 178 g/mol. The second-order valence-corrected chi connectivity index (χ2v) is 4.00. The van der Waals surface area contributed by atoms with E-state index in [4.69, 9.17) is 0 Å². The van der Waals surface area contributed by atoms with E-state index in [1.807, 2.05) is 0 Å². The lowest BCUT2D eigenvalue weighted by atomic mass is 10.1. The molecule has 1 fully saturated rings. The fourth-order valence-corrected chi connectivity index (χ4v) is 2.28. The Morgan fingerprint density at radius 2 is 2.29 bits per heavy atom. The average Bonchev–Trinajstić information content (AvgIpc) is 2.85. The minimum absolute atomic E-state index is 0.566. The molecule has 2 aliphatic heterocycles. The monoisotopic (exact) mass is 193 g/mol. The van der Waals surface area contributed by atoms with Crippen molar-refractivity contribution in [3.8, 4) is 0 Å². The lowest BCUT2D eigenvalue weighted by Crippen LogP contribution is -2.20. The zero-order valence-electron chi connectivity index (χ0n) is 8.16. The van der Waals surface area contributed by atoms with Gasteiger partial charge in [-0.2, -0.15) is 0 Å². The number of hydrogen-bond acceptors (Lipinski definition) is 4. The van der Waals surface area contributed by atoms with Crippen molar-refractivity contribution in [2.45, 2.75) is 25.3 Å². The Hall–Kier alpha value is -1.10. The van der Waals surface area contributed by atoms with Crippen LogP contribution in [0.3, 0.4) is 0 Å². The number of nitrogens with zero attached hydrogens (tertiary/aromatic N) is 3. The molecule has 0 saturated carbocycles. The van der Waals surface area contributed by atoms with Crippen molar-refractivity contribution in [1.29, 1.82) is 0 Å². The molecule has 1 saturated heterocycles. The number of aromatic nitrogens is 3. The van der Waals surface area contributed by atoms with Crippen LogP contribution < -0.4 is 10.6 Å². The first-order valence-corrected chi connectivity index (χ1v) is 5.33. The molecule has 1 aromatic rings. The SMILES string of the molecule is C1CNc2nnc(C3CCNC3)n2C1. The van der Waals surface area contributed by atoms with Gasteiger partial charge in [-0.05, 0) is 19.4 Å². The molecule has 0 aliphatic carbocycles. The van der Waals surface area contributed by atoms with Gasteiger partial charge in [0.1, 0.15) is 5.82 Å². The Morgan fingerprint density at radius 3 is 3.14 bits per heavy atom. The van der Waals surface area contributed by atoms with Crippen LogP contribution in [0.4, 0.5) is 5.95 Å². The molecule has 0 aromatic carbocycles. The Bertz CT molecular complexity index is 326. The van der Waals surface area contributed by atoms with Crippen molar-refractivity contribution in [3.05, 3.63) is 5.82 Å². The predicted octanol–water partition coefficient (Wildman–Crippen LogP) is 0.171. The summed E-state index contributed by atoms with van der Waals surface area (Å²) in [6, 6.07) is 0. The number of hydrogen-bond donors (Lipinski definition) is 2. The summed E-state index contributed by atoms with van der Waals surface area (Å²) >= 11 is 0. The molecule has 5 nitrogen and oxygen atoms in total. The first-order valence-electron chi connectivity index (χ1n) is 5.33. The quantitative estimate of drug-likeness (QED) is 0.667. The van der Waals surface area contributed by atoms with Crippen LogP contribution in [0.1, 0.15) is 24.6 Å². The lowest BCUT2D eigenvalue weighted by molar-refractivity contribution is 0.565. The zero-order chi connectivity index (χ0) is 9.38. The molecular formula is C9H15N5. The summed E-state index contributed by atoms with van der Waals surface area (Å²) in [5.74, 6) is 2.69. The topological polar surface area (TPSA) is 54.8 Å². The Balaban J connectivity index is 1.93. The van der Waals surface area contributed by atoms with E-state index in [1.54, 1.807) is 0 Å². The maximum atomic E-state index is 4.29. The molecule has 0 radical (unpaired) electrons. The molecule has 3 rings (SSSR count). The van der Waals surface area contributed by atoms with Crippen LogP contribution in [0.25, 0.3) is 0 Å². The third-order valence-corrected chi connectivity index (χ3v) is 3.05. The fraction of sp³-hybridized carbons (Fsp3) is 0.778. The summed E-state index contributed by atoms with van der Waals surface area (Å²) in [5, 5.41) is 15.1. The summed E-state index contributed by atoms with van der Waals surface area (Å²) < 4.78 is 2.24. The van der Waals surface area contributed by atoms with Gasteiger partial charge in [-0.25, -0.2) is 0 Å². The van der Waals surface area contributed by atoms with Crippen LogP contribution in [0, 0.1) is 0 Å². The van der Waals surface area contributed by atoms with Gasteiger partial charge in [0.15, 0.2) is 0 Å². The summed E-state index contributed by atoms with van der Waals surface area (Å²) in [7, 11) is 0. The van der Waals surface area contributed by atoms with Crippen molar-refractivity contribution >= 4 is 5.95 Å². The number of nitrogens with one attached hydrogen (secondary N) is 2. The highest BCUT2D eigenvalue weighted by molar-refractivity contribution is 5.28. The van der Waals surface area contributed by atoms with Crippen LogP contribution in [0.5, 0.6) is 0 Å². The van der Waals surface area contributed by atoms with E-state index in [2.05, 4.69) is 25.4 Å². The molecule has 1 unspecified atom stereocenters. The fourth-order valence-electron chi connectivity index (χ4n) is 2.28. The molecule has 0 bridgehead atoms. The van der Waals surface area contributed by atoms with Crippen molar-refractivity contribution in [3.63, 3.8) is 0 Å². The van der Waals surface area contributed by atoms with Crippen LogP contribution in [-0.2, 0) is 6.54 Å². The smallest absolute Gasteiger partial charge is 0.224 e. The van der Waals surface area contributed by atoms with Gasteiger partial charge in [-0.3, -0.25) is 4.57 Å². The molecule has 3 heterocycles. The van der Waals surface area contributed by atoms with Crippen molar-refractivity contribution in [2.24, 2.45) is 0 Å². The molecule has 0 amide bonds. The first kappa shape index (κ1) is 8.23. The van der Waals surface area contributed by atoms with Gasteiger partial charge in [0, 0.05) is 25.6 Å². The highest BCUT2D eigenvalue weighted by atomic mass is 15.4. The first-order chi connectivity index (χ1) is 6.95. The minimum atomic E-state index is 0.566. The third kappa shape index (κ3) is 1.19. The van der Waals surface area contributed by atoms with E-state index < -0.39 is 0 Å². The second-order valence-electron chi connectivity index (χ2n) is 4.00. The summed E-state index contributed by atoms with van der Waals surface area (Å²) in [6.07, 6.45) is 2.37. The van der Waals surface area contributed by atoms with E-state index in [9.17, 15) is 0 Å². The van der Waals surface area contributed by atoms with Crippen molar-refractivity contribution in [2.75, 3.05) is 25.0 Å². The van der Waals surface area contributed by atoms with E-state index in [1.165, 1.54) is 12.8 Å². The van der Waals surface area contributed by atoms with Gasteiger partial charge >= 0.3 is 0 Å². The van der Waals surface area contributed by atoms with Gasteiger partial charge in [-0.1, -0.05) is 0 Å². The van der Waals surface area contributed by atoms with E-state index in [0.29, 0.717) is 5.92 Å². The van der Waals surface area contributed by atoms with Gasteiger partial charge in [-0.15, -0.1) is 10.2 Å². The highest BCUT2D eigenvalue weighted by Gasteiger charge is 2.25. The zero-order valence-corrected chi connectivity index (χ0v) is 8.16. The number of fused-ring (bicyclic) bond motifs is 1. The highest BCUT2D eigenvalue weighted by Crippen LogP contribution is 2.24. The van der Waals surface area contributed by atoms with Gasteiger partial charge in [0.05, 0.1) is 0 Å². The number of rotatable bonds is 1. The van der Waals surface area contributed by atoms with Crippen molar-refractivity contribution < 1.29 is 0 Å². The molecule has 2 aliphatic rings. The van der Waals surface area contributed by atoms with Crippen LogP contribution in [-0.4, -0.2) is 34.4 Å². The van der Waals surface area contributed by atoms with Crippen LogP contribution in [0.2, 0.25) is 0 Å². The Kier molecular flexibility index (Phi) is 1.90. The lowest BCUT2D eigenvalue weighted by Gasteiger charge is -2.18. The molecule has 0 spiro atoms. The maximum absolute atomic E-state index is 4.29.